The standard InChI is InChI=1S/C20H20N2O3/c1-14-3-7-16(8-4-14)22-19(23)11-12-20-21-13-18(25-20)15-5-9-17(24-2)10-6-15/h3-10,13H,11-12H2,1-2H3,(H,22,23). The quantitative estimate of drug-likeness (QED) is 0.731. The summed E-state index contributed by atoms with van der Waals surface area (Å²) in [6.07, 6.45) is 2.44. The maximum atomic E-state index is 12.0. The minimum Gasteiger partial charge on any atom is -0.497 e. The third kappa shape index (κ3) is 4.47. The van der Waals surface area contributed by atoms with Crippen LogP contribution in [0.3, 0.4) is 0 Å². The molecule has 25 heavy (non-hydrogen) atoms. The lowest BCUT2D eigenvalue weighted by Crippen LogP contribution is -2.12. The van der Waals surface area contributed by atoms with Crippen LogP contribution in [0, 0.1) is 6.92 Å². The molecule has 0 bridgehead atoms. The lowest BCUT2D eigenvalue weighted by Gasteiger charge is -2.04. The first-order valence-corrected chi connectivity index (χ1v) is 8.10. The highest BCUT2D eigenvalue weighted by atomic mass is 16.5. The van der Waals surface area contributed by atoms with Crippen molar-refractivity contribution in [2.45, 2.75) is 19.8 Å². The average molecular weight is 336 g/mol. The fourth-order valence-corrected chi connectivity index (χ4v) is 2.40. The van der Waals surface area contributed by atoms with Crippen molar-refractivity contribution in [2.75, 3.05) is 12.4 Å². The van der Waals surface area contributed by atoms with Gasteiger partial charge in [0.15, 0.2) is 11.7 Å². The maximum absolute atomic E-state index is 12.0. The van der Waals surface area contributed by atoms with Crippen molar-refractivity contribution in [3.63, 3.8) is 0 Å². The molecule has 1 heterocycles. The molecule has 0 fully saturated rings. The molecule has 0 atom stereocenters. The number of hydrogen-bond acceptors (Lipinski definition) is 4. The Morgan fingerprint density at radius 1 is 1.12 bits per heavy atom. The van der Waals surface area contributed by atoms with Crippen LogP contribution in [0.15, 0.2) is 59.1 Å². The van der Waals surface area contributed by atoms with E-state index >= 15 is 0 Å². The molecule has 0 saturated carbocycles. The van der Waals surface area contributed by atoms with Crippen LogP contribution in [-0.4, -0.2) is 18.0 Å². The van der Waals surface area contributed by atoms with Gasteiger partial charge in [0, 0.05) is 24.1 Å². The second-order valence-electron chi connectivity index (χ2n) is 5.76. The van der Waals surface area contributed by atoms with Gasteiger partial charge in [0.1, 0.15) is 5.75 Å². The van der Waals surface area contributed by atoms with Crippen LogP contribution in [0.25, 0.3) is 11.3 Å². The van der Waals surface area contributed by atoms with Gasteiger partial charge in [-0.15, -0.1) is 0 Å². The molecular formula is C20H20N2O3. The van der Waals surface area contributed by atoms with Gasteiger partial charge in [-0.25, -0.2) is 4.98 Å². The van der Waals surface area contributed by atoms with Crippen LogP contribution >= 0.6 is 0 Å². The molecule has 2 aromatic carbocycles. The van der Waals surface area contributed by atoms with Gasteiger partial charge in [0.2, 0.25) is 5.91 Å². The lowest BCUT2D eigenvalue weighted by atomic mass is 10.2. The third-order valence-electron chi connectivity index (χ3n) is 3.83. The molecule has 3 rings (SSSR count). The summed E-state index contributed by atoms with van der Waals surface area (Å²) in [5, 5.41) is 2.87. The van der Waals surface area contributed by atoms with Crippen molar-refractivity contribution in [3.8, 4) is 17.1 Å². The maximum Gasteiger partial charge on any atom is 0.224 e. The van der Waals surface area contributed by atoms with E-state index in [9.17, 15) is 4.79 Å². The number of anilines is 1. The summed E-state index contributed by atoms with van der Waals surface area (Å²) in [4.78, 5) is 16.3. The van der Waals surface area contributed by atoms with Crippen LogP contribution in [-0.2, 0) is 11.2 Å². The van der Waals surface area contributed by atoms with Gasteiger partial charge in [0.05, 0.1) is 13.3 Å². The summed E-state index contributed by atoms with van der Waals surface area (Å²) >= 11 is 0. The number of carbonyl (C=O) groups is 1. The lowest BCUT2D eigenvalue weighted by molar-refractivity contribution is -0.116. The highest BCUT2D eigenvalue weighted by Gasteiger charge is 2.09. The molecule has 0 aliphatic carbocycles. The van der Waals surface area contributed by atoms with E-state index in [1.807, 2.05) is 55.5 Å². The summed E-state index contributed by atoms with van der Waals surface area (Å²) < 4.78 is 10.9. The van der Waals surface area contributed by atoms with Gasteiger partial charge in [-0.1, -0.05) is 17.7 Å². The number of carbonyl (C=O) groups excluding carboxylic acids is 1. The molecule has 0 unspecified atom stereocenters. The second kappa shape index (κ2) is 7.66. The van der Waals surface area contributed by atoms with E-state index in [0.29, 0.717) is 24.5 Å². The number of methoxy groups -OCH3 is 1. The summed E-state index contributed by atoms with van der Waals surface area (Å²) in [6.45, 7) is 2.01. The summed E-state index contributed by atoms with van der Waals surface area (Å²) in [5.41, 5.74) is 2.87. The average Bonchev–Trinajstić information content (AvgIpc) is 3.11. The van der Waals surface area contributed by atoms with Crippen molar-refractivity contribution in [1.29, 1.82) is 0 Å². The summed E-state index contributed by atoms with van der Waals surface area (Å²) in [5.74, 6) is 1.95. The van der Waals surface area contributed by atoms with Gasteiger partial charge >= 0.3 is 0 Å². The minimum atomic E-state index is -0.0620. The van der Waals surface area contributed by atoms with E-state index in [0.717, 1.165) is 22.6 Å². The number of aryl methyl sites for hydroxylation is 2. The number of oxazole rings is 1. The van der Waals surface area contributed by atoms with E-state index in [2.05, 4.69) is 10.3 Å². The van der Waals surface area contributed by atoms with Crippen LogP contribution in [0.1, 0.15) is 17.9 Å². The van der Waals surface area contributed by atoms with Crippen LogP contribution in [0.4, 0.5) is 5.69 Å². The molecule has 1 amide bonds. The van der Waals surface area contributed by atoms with Crippen molar-refractivity contribution < 1.29 is 13.9 Å². The van der Waals surface area contributed by atoms with Gasteiger partial charge in [-0.2, -0.15) is 0 Å². The zero-order chi connectivity index (χ0) is 17.6. The van der Waals surface area contributed by atoms with Crippen LogP contribution in [0.5, 0.6) is 5.75 Å². The van der Waals surface area contributed by atoms with Gasteiger partial charge in [-0.05, 0) is 43.3 Å². The zero-order valence-electron chi connectivity index (χ0n) is 14.3. The molecule has 128 valence electrons. The number of aromatic nitrogens is 1. The Balaban J connectivity index is 1.55. The van der Waals surface area contributed by atoms with E-state index in [-0.39, 0.29) is 5.91 Å². The first-order valence-electron chi connectivity index (χ1n) is 8.10. The smallest absolute Gasteiger partial charge is 0.224 e. The second-order valence-corrected chi connectivity index (χ2v) is 5.76. The Hall–Kier alpha value is -3.08. The number of hydrogen-bond donors (Lipinski definition) is 1. The van der Waals surface area contributed by atoms with Crippen molar-refractivity contribution >= 4 is 11.6 Å². The topological polar surface area (TPSA) is 64.4 Å². The molecule has 1 N–H and O–H groups in total. The Labute approximate surface area is 146 Å². The zero-order valence-corrected chi connectivity index (χ0v) is 14.3. The SMILES string of the molecule is COc1ccc(-c2cnc(CCC(=O)Nc3ccc(C)cc3)o2)cc1. The number of rotatable bonds is 6. The Bertz CT molecular complexity index is 836. The molecule has 1 aromatic heterocycles. The summed E-state index contributed by atoms with van der Waals surface area (Å²) in [7, 11) is 1.63. The van der Waals surface area contributed by atoms with E-state index in [4.69, 9.17) is 9.15 Å². The molecule has 3 aromatic rings. The molecule has 5 nitrogen and oxygen atoms in total. The molecule has 0 aliphatic rings. The molecular weight excluding hydrogens is 316 g/mol. The normalized spacial score (nSPS) is 10.5. The molecule has 0 spiro atoms. The molecule has 5 heteroatoms. The third-order valence-corrected chi connectivity index (χ3v) is 3.83. The van der Waals surface area contributed by atoms with E-state index in [1.54, 1.807) is 13.3 Å². The van der Waals surface area contributed by atoms with Crippen molar-refractivity contribution in [1.82, 2.24) is 4.98 Å². The number of nitrogens with zero attached hydrogens (tertiary/aromatic N) is 1. The number of amides is 1. The largest absolute Gasteiger partial charge is 0.497 e. The fourth-order valence-electron chi connectivity index (χ4n) is 2.40. The first kappa shape index (κ1) is 16.8. The minimum absolute atomic E-state index is 0.0620. The number of nitrogens with one attached hydrogen (secondary N) is 1. The van der Waals surface area contributed by atoms with Crippen molar-refractivity contribution in [3.05, 3.63) is 66.2 Å². The van der Waals surface area contributed by atoms with Gasteiger partial charge in [0.25, 0.3) is 0 Å². The first-order chi connectivity index (χ1) is 12.1. The number of ether oxygens (including phenoxy) is 1. The Morgan fingerprint density at radius 2 is 1.84 bits per heavy atom. The molecule has 0 radical (unpaired) electrons. The predicted octanol–water partition coefficient (Wildman–Crippen LogP) is 4.23. The monoisotopic (exact) mass is 336 g/mol. The van der Waals surface area contributed by atoms with Gasteiger partial charge in [-0.3, -0.25) is 4.79 Å². The molecule has 0 aliphatic heterocycles. The Morgan fingerprint density at radius 3 is 2.52 bits per heavy atom. The van der Waals surface area contributed by atoms with Crippen molar-refractivity contribution in [2.24, 2.45) is 0 Å². The van der Waals surface area contributed by atoms with E-state index < -0.39 is 0 Å². The highest BCUT2D eigenvalue weighted by Crippen LogP contribution is 2.23. The van der Waals surface area contributed by atoms with E-state index in [1.165, 1.54) is 0 Å². The number of benzene rings is 2. The van der Waals surface area contributed by atoms with Crippen LogP contribution < -0.4 is 10.1 Å². The summed E-state index contributed by atoms with van der Waals surface area (Å²) in [6, 6.07) is 15.3. The Kier molecular flexibility index (Phi) is 5.14. The molecule has 0 saturated heterocycles. The van der Waals surface area contributed by atoms with Crippen LogP contribution in [0.2, 0.25) is 0 Å². The predicted molar refractivity (Wildman–Crippen MR) is 96.6 cm³/mol. The van der Waals surface area contributed by atoms with Gasteiger partial charge < -0.3 is 14.5 Å². The fraction of sp³-hybridized carbons (Fsp3) is 0.200. The highest BCUT2D eigenvalue weighted by molar-refractivity contribution is 5.90.